The Labute approximate surface area is 155 Å². The molecule has 1 aliphatic carbocycles. The minimum Gasteiger partial charge on any atom is -0.326 e. The van der Waals surface area contributed by atoms with E-state index in [1.54, 1.807) is 11.9 Å². The van der Waals surface area contributed by atoms with Crippen molar-refractivity contribution in [2.45, 2.75) is 83.0 Å². The first-order valence-electron chi connectivity index (χ1n) is 9.29. The number of aryl methyl sites for hydroxylation is 1. The lowest BCUT2D eigenvalue weighted by Gasteiger charge is -2.39. The first kappa shape index (κ1) is 19.8. The van der Waals surface area contributed by atoms with E-state index < -0.39 is 5.54 Å². The Morgan fingerprint density at radius 2 is 2.04 bits per heavy atom. The molecule has 1 aromatic heterocycles. The van der Waals surface area contributed by atoms with E-state index in [1.165, 1.54) is 17.5 Å². The molecule has 0 spiro atoms. The molecule has 0 saturated heterocycles. The third-order valence-corrected chi connectivity index (χ3v) is 6.35. The molecular formula is C19H30N4OS. The first-order chi connectivity index (χ1) is 11.9. The predicted octanol–water partition coefficient (Wildman–Crippen LogP) is 4.08. The van der Waals surface area contributed by atoms with Gasteiger partial charge < -0.3 is 9.47 Å². The summed E-state index contributed by atoms with van der Waals surface area (Å²) in [6, 6.07) is 2.42. The van der Waals surface area contributed by atoms with Gasteiger partial charge in [0.15, 0.2) is 5.16 Å². The molecule has 25 heavy (non-hydrogen) atoms. The van der Waals surface area contributed by atoms with Gasteiger partial charge in [0.1, 0.15) is 5.54 Å². The predicted molar refractivity (Wildman–Crippen MR) is 102 cm³/mol. The molecule has 2 rings (SSSR count). The van der Waals surface area contributed by atoms with Crippen LogP contribution in [0.15, 0.2) is 5.16 Å². The summed E-state index contributed by atoms with van der Waals surface area (Å²) in [7, 11) is 1.79. The minimum absolute atomic E-state index is 0.0220. The third-order valence-electron chi connectivity index (χ3n) is 5.39. The van der Waals surface area contributed by atoms with Crippen LogP contribution in [-0.4, -0.2) is 38.7 Å². The fourth-order valence-corrected chi connectivity index (χ4v) is 4.47. The molecule has 6 heteroatoms. The van der Waals surface area contributed by atoms with E-state index in [1.807, 2.05) is 6.92 Å². The van der Waals surface area contributed by atoms with Gasteiger partial charge in [0, 0.05) is 19.3 Å². The summed E-state index contributed by atoms with van der Waals surface area (Å²) >= 11 is 1.49. The number of nitrogens with zero attached hydrogens (tertiary/aromatic N) is 4. The van der Waals surface area contributed by atoms with Crippen molar-refractivity contribution in [3.63, 3.8) is 0 Å². The number of imidazole rings is 1. The van der Waals surface area contributed by atoms with E-state index >= 15 is 0 Å². The van der Waals surface area contributed by atoms with Crippen LogP contribution in [0.2, 0.25) is 0 Å². The van der Waals surface area contributed by atoms with E-state index in [-0.39, 0.29) is 5.91 Å². The zero-order valence-electron chi connectivity index (χ0n) is 16.0. The Bertz CT molecular complexity index is 641. The Morgan fingerprint density at radius 3 is 2.64 bits per heavy atom. The van der Waals surface area contributed by atoms with Gasteiger partial charge in [-0.2, -0.15) is 5.26 Å². The molecule has 1 amide bonds. The smallest absolute Gasteiger partial charge is 0.234 e. The largest absolute Gasteiger partial charge is 0.326 e. The van der Waals surface area contributed by atoms with E-state index in [9.17, 15) is 10.1 Å². The highest BCUT2D eigenvalue weighted by Crippen LogP contribution is 2.33. The van der Waals surface area contributed by atoms with Crippen molar-refractivity contribution in [3.05, 3.63) is 11.4 Å². The number of carbonyl (C=O) groups is 1. The molecule has 0 unspecified atom stereocenters. The second-order valence-corrected chi connectivity index (χ2v) is 7.96. The van der Waals surface area contributed by atoms with Crippen molar-refractivity contribution in [1.29, 1.82) is 5.26 Å². The van der Waals surface area contributed by atoms with Crippen molar-refractivity contribution in [2.75, 3.05) is 12.8 Å². The van der Waals surface area contributed by atoms with Gasteiger partial charge in [-0.05, 0) is 33.1 Å². The summed E-state index contributed by atoms with van der Waals surface area (Å²) in [5.41, 5.74) is 1.59. The maximum Gasteiger partial charge on any atom is 0.234 e. The first-order valence-corrected chi connectivity index (χ1v) is 10.3. The Kier molecular flexibility index (Phi) is 6.95. The Balaban J connectivity index is 2.04. The molecule has 138 valence electrons. The molecule has 0 aromatic carbocycles. The average Bonchev–Trinajstić information content (AvgIpc) is 2.91. The van der Waals surface area contributed by atoms with Crippen LogP contribution in [-0.2, 0) is 11.3 Å². The fourth-order valence-electron chi connectivity index (χ4n) is 3.43. The molecule has 0 aliphatic heterocycles. The van der Waals surface area contributed by atoms with Crippen molar-refractivity contribution >= 4 is 17.7 Å². The van der Waals surface area contributed by atoms with Crippen molar-refractivity contribution in [1.82, 2.24) is 14.5 Å². The van der Waals surface area contributed by atoms with Gasteiger partial charge in [0.05, 0.1) is 17.5 Å². The number of aromatic nitrogens is 2. The van der Waals surface area contributed by atoms with E-state index in [0.29, 0.717) is 5.75 Å². The van der Waals surface area contributed by atoms with Crippen LogP contribution in [0, 0.1) is 25.2 Å². The quantitative estimate of drug-likeness (QED) is 0.686. The van der Waals surface area contributed by atoms with Gasteiger partial charge >= 0.3 is 0 Å². The topological polar surface area (TPSA) is 61.9 Å². The highest BCUT2D eigenvalue weighted by Gasteiger charge is 2.38. The SMILES string of the molecule is CCCCn1c(SCC(=O)N(C)C2(C#N)CCCCC2)nc(C)c1C. The number of nitriles is 1. The van der Waals surface area contributed by atoms with Gasteiger partial charge in [-0.15, -0.1) is 0 Å². The molecule has 1 fully saturated rings. The van der Waals surface area contributed by atoms with Crippen LogP contribution < -0.4 is 0 Å². The van der Waals surface area contributed by atoms with Gasteiger partial charge in [-0.25, -0.2) is 4.98 Å². The van der Waals surface area contributed by atoms with E-state index in [4.69, 9.17) is 0 Å². The summed E-state index contributed by atoms with van der Waals surface area (Å²) in [5.74, 6) is 0.357. The lowest BCUT2D eigenvalue weighted by molar-refractivity contribution is -0.131. The summed E-state index contributed by atoms with van der Waals surface area (Å²) in [6.07, 6.45) is 7.03. The average molecular weight is 363 g/mol. The maximum absolute atomic E-state index is 12.7. The van der Waals surface area contributed by atoms with Crippen LogP contribution in [0.4, 0.5) is 0 Å². The highest BCUT2D eigenvalue weighted by molar-refractivity contribution is 7.99. The Morgan fingerprint density at radius 1 is 1.36 bits per heavy atom. The molecule has 0 atom stereocenters. The van der Waals surface area contributed by atoms with Gasteiger partial charge in [0.2, 0.25) is 5.91 Å². The minimum atomic E-state index is -0.612. The fraction of sp³-hybridized carbons (Fsp3) is 0.737. The zero-order valence-corrected chi connectivity index (χ0v) is 16.8. The van der Waals surface area contributed by atoms with E-state index in [0.717, 1.165) is 62.3 Å². The molecule has 0 bridgehead atoms. The van der Waals surface area contributed by atoms with Crippen molar-refractivity contribution in [3.8, 4) is 6.07 Å². The van der Waals surface area contributed by atoms with Gasteiger partial charge in [0.25, 0.3) is 0 Å². The van der Waals surface area contributed by atoms with Crippen LogP contribution in [0.3, 0.4) is 0 Å². The van der Waals surface area contributed by atoms with Crippen LogP contribution >= 0.6 is 11.8 Å². The second kappa shape index (κ2) is 8.75. The third kappa shape index (κ3) is 4.38. The van der Waals surface area contributed by atoms with Gasteiger partial charge in [-0.3, -0.25) is 4.79 Å². The molecule has 1 aliphatic rings. The monoisotopic (exact) mass is 362 g/mol. The molecule has 1 heterocycles. The standard InChI is InChI=1S/C19H30N4OS/c1-5-6-12-23-16(3)15(2)21-18(23)25-13-17(24)22(4)19(14-20)10-8-7-9-11-19/h5-13H2,1-4H3. The number of thioether (sulfide) groups is 1. The Hall–Kier alpha value is -1.48. The highest BCUT2D eigenvalue weighted by atomic mass is 32.2. The maximum atomic E-state index is 12.7. The number of rotatable bonds is 7. The molecule has 5 nitrogen and oxygen atoms in total. The second-order valence-electron chi connectivity index (χ2n) is 7.02. The number of hydrogen-bond acceptors (Lipinski definition) is 4. The van der Waals surface area contributed by atoms with Crippen molar-refractivity contribution < 1.29 is 4.79 Å². The molecule has 0 radical (unpaired) electrons. The lowest BCUT2D eigenvalue weighted by atomic mass is 9.81. The van der Waals surface area contributed by atoms with Crippen LogP contribution in [0.25, 0.3) is 0 Å². The number of amides is 1. The number of carbonyl (C=O) groups excluding carboxylic acids is 1. The summed E-state index contributed by atoms with van der Waals surface area (Å²) < 4.78 is 2.22. The number of unbranched alkanes of at least 4 members (excludes halogenated alkanes) is 1. The molecular weight excluding hydrogens is 332 g/mol. The van der Waals surface area contributed by atoms with Crippen molar-refractivity contribution in [2.24, 2.45) is 0 Å². The molecule has 0 N–H and O–H groups in total. The summed E-state index contributed by atoms with van der Waals surface area (Å²) in [4.78, 5) is 19.0. The lowest BCUT2D eigenvalue weighted by Crippen LogP contribution is -2.50. The molecule has 1 saturated carbocycles. The summed E-state index contributed by atoms with van der Waals surface area (Å²) in [5, 5.41) is 10.6. The van der Waals surface area contributed by atoms with Crippen LogP contribution in [0.1, 0.15) is 63.3 Å². The van der Waals surface area contributed by atoms with E-state index in [2.05, 4.69) is 29.5 Å². The zero-order chi connectivity index (χ0) is 18.4. The number of hydrogen-bond donors (Lipinski definition) is 0. The van der Waals surface area contributed by atoms with Crippen LogP contribution in [0.5, 0.6) is 0 Å². The summed E-state index contributed by atoms with van der Waals surface area (Å²) in [6.45, 7) is 7.22. The van der Waals surface area contributed by atoms with Gasteiger partial charge in [-0.1, -0.05) is 44.4 Å². The molecule has 1 aromatic rings. The normalized spacial score (nSPS) is 16.4.